The van der Waals surface area contributed by atoms with Crippen molar-refractivity contribution in [1.82, 2.24) is 4.31 Å². The average Bonchev–Trinajstić information content (AvgIpc) is 3.04. The molecule has 0 amide bonds. The van der Waals surface area contributed by atoms with E-state index in [9.17, 15) is 13.2 Å². The van der Waals surface area contributed by atoms with E-state index in [2.05, 4.69) is 15.9 Å². The normalized spacial score (nSPS) is 12.0. The van der Waals surface area contributed by atoms with Gasteiger partial charge in [0.15, 0.2) is 4.67 Å². The second-order valence-corrected chi connectivity index (χ2v) is 6.69. The van der Waals surface area contributed by atoms with E-state index in [0.29, 0.717) is 5.76 Å². The summed E-state index contributed by atoms with van der Waals surface area (Å²) >= 11 is 2.94. The van der Waals surface area contributed by atoms with Crippen LogP contribution in [-0.2, 0) is 16.6 Å². The number of furan rings is 2. The molecule has 0 atom stereocenters. The maximum Gasteiger partial charge on any atom is 0.371 e. The van der Waals surface area contributed by atoms with Crippen LogP contribution in [-0.4, -0.2) is 30.3 Å². The fourth-order valence-electron chi connectivity index (χ4n) is 1.72. The van der Waals surface area contributed by atoms with Gasteiger partial charge in [-0.2, -0.15) is 4.31 Å². The molecule has 0 aliphatic rings. The number of halogens is 1. The Morgan fingerprint density at radius 3 is 2.67 bits per heavy atom. The third-order valence-electron chi connectivity index (χ3n) is 2.75. The van der Waals surface area contributed by atoms with Gasteiger partial charge in [0.05, 0.1) is 12.8 Å². The molecule has 0 saturated carbocycles. The number of nitrogens with zero attached hydrogens (tertiary/aromatic N) is 1. The predicted octanol–water partition coefficient (Wildman–Crippen LogP) is 2.54. The quantitative estimate of drug-likeness (QED) is 0.829. The molecule has 2 heterocycles. The summed E-state index contributed by atoms with van der Waals surface area (Å²) in [5.41, 5.74) is 0. The maximum absolute atomic E-state index is 12.5. The summed E-state index contributed by atoms with van der Waals surface area (Å²) in [6, 6.07) is 4.30. The van der Waals surface area contributed by atoms with Crippen LogP contribution in [0.1, 0.15) is 23.2 Å². The highest BCUT2D eigenvalue weighted by Crippen LogP contribution is 2.29. The molecule has 0 saturated heterocycles. The lowest BCUT2D eigenvalue weighted by atomic mass is 10.4. The van der Waals surface area contributed by atoms with Gasteiger partial charge in [-0.15, -0.1) is 0 Å². The molecule has 0 bridgehead atoms. The minimum absolute atomic E-state index is 0.0475. The van der Waals surface area contributed by atoms with Crippen molar-refractivity contribution in [3.8, 4) is 0 Å². The van der Waals surface area contributed by atoms with Gasteiger partial charge in [0.2, 0.25) is 15.8 Å². The van der Waals surface area contributed by atoms with Gasteiger partial charge in [-0.3, -0.25) is 0 Å². The smallest absolute Gasteiger partial charge is 0.371 e. The third-order valence-corrected chi connectivity index (χ3v) is 5.53. The van der Waals surface area contributed by atoms with E-state index in [1.54, 1.807) is 19.1 Å². The average molecular weight is 378 g/mol. The summed E-state index contributed by atoms with van der Waals surface area (Å²) in [4.78, 5) is 10.6. The fraction of sp³-hybridized carbons (Fsp3) is 0.250. The topological polar surface area (TPSA) is 101 Å². The van der Waals surface area contributed by atoms with Gasteiger partial charge in [-0.25, -0.2) is 13.2 Å². The Balaban J connectivity index is 2.37. The molecule has 0 aliphatic carbocycles. The highest BCUT2D eigenvalue weighted by Gasteiger charge is 2.30. The second kappa shape index (κ2) is 6.04. The van der Waals surface area contributed by atoms with E-state index >= 15 is 0 Å². The zero-order chi connectivity index (χ0) is 15.6. The molecule has 0 spiro atoms. The van der Waals surface area contributed by atoms with Crippen molar-refractivity contribution in [2.75, 3.05) is 6.54 Å². The van der Waals surface area contributed by atoms with Crippen LogP contribution in [0.25, 0.3) is 0 Å². The molecule has 114 valence electrons. The van der Waals surface area contributed by atoms with Crippen LogP contribution in [0.3, 0.4) is 0 Å². The van der Waals surface area contributed by atoms with E-state index in [0.717, 1.165) is 10.4 Å². The van der Waals surface area contributed by atoms with Gasteiger partial charge in [-0.05, 0) is 28.1 Å². The van der Waals surface area contributed by atoms with Crippen molar-refractivity contribution in [3.05, 3.63) is 40.7 Å². The van der Waals surface area contributed by atoms with Crippen LogP contribution in [0, 0.1) is 0 Å². The Labute approximate surface area is 129 Å². The number of rotatable bonds is 6. The molecule has 7 nitrogen and oxygen atoms in total. The van der Waals surface area contributed by atoms with Crippen molar-refractivity contribution in [3.63, 3.8) is 0 Å². The van der Waals surface area contributed by atoms with Crippen LogP contribution < -0.4 is 0 Å². The van der Waals surface area contributed by atoms with Crippen LogP contribution in [0.4, 0.5) is 0 Å². The van der Waals surface area contributed by atoms with Gasteiger partial charge in [-0.1, -0.05) is 6.92 Å². The molecule has 2 aromatic rings. The molecule has 2 rings (SSSR count). The first kappa shape index (κ1) is 15.8. The van der Waals surface area contributed by atoms with Crippen LogP contribution in [0.2, 0.25) is 0 Å². The molecule has 2 aromatic heterocycles. The summed E-state index contributed by atoms with van der Waals surface area (Å²) in [6.07, 6.45) is 1.45. The van der Waals surface area contributed by atoms with E-state index in [1.165, 1.54) is 6.26 Å². The Bertz CT molecular complexity index is 734. The fourth-order valence-corrected chi connectivity index (χ4v) is 4.03. The van der Waals surface area contributed by atoms with Crippen molar-refractivity contribution < 1.29 is 27.2 Å². The zero-order valence-corrected chi connectivity index (χ0v) is 13.3. The van der Waals surface area contributed by atoms with E-state index in [1.807, 2.05) is 0 Å². The molecule has 0 aliphatic heterocycles. The number of carbonyl (C=O) groups is 1. The first-order valence-electron chi connectivity index (χ1n) is 5.91. The van der Waals surface area contributed by atoms with Crippen molar-refractivity contribution >= 4 is 31.9 Å². The summed E-state index contributed by atoms with van der Waals surface area (Å²) in [5.74, 6) is -1.31. The summed E-state index contributed by atoms with van der Waals surface area (Å²) in [5, 5.41) is 8.85. The molecule has 0 fully saturated rings. The predicted molar refractivity (Wildman–Crippen MR) is 75.3 cm³/mol. The summed E-state index contributed by atoms with van der Waals surface area (Å²) in [6.45, 7) is 1.92. The molecule has 1 N–H and O–H groups in total. The van der Waals surface area contributed by atoms with E-state index in [4.69, 9.17) is 13.9 Å². The SMILES string of the molecule is CCN(Cc1ccco1)S(=O)(=O)c1cc(C(=O)O)oc1Br. The van der Waals surface area contributed by atoms with Crippen molar-refractivity contribution in [2.45, 2.75) is 18.4 Å². The lowest BCUT2D eigenvalue weighted by Crippen LogP contribution is -2.30. The number of hydrogen-bond donors (Lipinski definition) is 1. The maximum atomic E-state index is 12.5. The largest absolute Gasteiger partial charge is 0.475 e. The van der Waals surface area contributed by atoms with Gasteiger partial charge >= 0.3 is 5.97 Å². The first-order valence-corrected chi connectivity index (χ1v) is 8.14. The molecule has 0 unspecified atom stereocenters. The monoisotopic (exact) mass is 377 g/mol. The Morgan fingerprint density at radius 1 is 1.48 bits per heavy atom. The van der Waals surface area contributed by atoms with Crippen LogP contribution in [0.15, 0.2) is 42.9 Å². The zero-order valence-electron chi connectivity index (χ0n) is 10.9. The second-order valence-electron chi connectivity index (χ2n) is 4.06. The molecular weight excluding hydrogens is 366 g/mol. The number of hydrogen-bond acceptors (Lipinski definition) is 5. The minimum atomic E-state index is -3.90. The van der Waals surface area contributed by atoms with Gasteiger partial charge in [0.1, 0.15) is 10.7 Å². The van der Waals surface area contributed by atoms with Crippen molar-refractivity contribution in [1.29, 1.82) is 0 Å². The van der Waals surface area contributed by atoms with Gasteiger partial charge < -0.3 is 13.9 Å². The number of carboxylic acids is 1. The molecule has 0 aromatic carbocycles. The summed E-state index contributed by atoms with van der Waals surface area (Å²) in [7, 11) is -3.90. The van der Waals surface area contributed by atoms with E-state index in [-0.39, 0.29) is 22.7 Å². The Morgan fingerprint density at radius 2 is 2.19 bits per heavy atom. The third kappa shape index (κ3) is 3.20. The molecule has 9 heteroatoms. The lowest BCUT2D eigenvalue weighted by molar-refractivity contribution is 0.0661. The Kier molecular flexibility index (Phi) is 4.55. The van der Waals surface area contributed by atoms with Gasteiger partial charge in [0.25, 0.3) is 0 Å². The minimum Gasteiger partial charge on any atom is -0.475 e. The van der Waals surface area contributed by atoms with Crippen LogP contribution >= 0.6 is 15.9 Å². The molecular formula is C12H12BrNO6S. The lowest BCUT2D eigenvalue weighted by Gasteiger charge is -2.18. The number of aromatic carboxylic acids is 1. The van der Waals surface area contributed by atoms with E-state index < -0.39 is 21.8 Å². The number of carboxylic acid groups (broad SMARTS) is 1. The Hall–Kier alpha value is -1.58. The number of sulfonamides is 1. The summed E-state index contributed by atoms with van der Waals surface area (Å²) < 4.78 is 36.1. The van der Waals surface area contributed by atoms with Crippen molar-refractivity contribution in [2.24, 2.45) is 0 Å². The highest BCUT2D eigenvalue weighted by molar-refractivity contribution is 9.10. The standard InChI is InChI=1S/C12H12BrNO6S/c1-2-14(7-8-4-3-5-19-8)21(17,18)10-6-9(12(15)16)20-11(10)13/h3-6H,2,7H2,1H3,(H,15,16). The highest BCUT2D eigenvalue weighted by atomic mass is 79.9. The molecule has 21 heavy (non-hydrogen) atoms. The molecule has 0 radical (unpaired) electrons. The van der Waals surface area contributed by atoms with Crippen LogP contribution in [0.5, 0.6) is 0 Å². The van der Waals surface area contributed by atoms with Gasteiger partial charge in [0, 0.05) is 12.6 Å². The first-order chi connectivity index (χ1) is 9.86.